The van der Waals surface area contributed by atoms with Gasteiger partial charge in [-0.3, -0.25) is 0 Å². The number of hydrogen-bond donors (Lipinski definition) is 2. The fourth-order valence-electron chi connectivity index (χ4n) is 0.734. The summed E-state index contributed by atoms with van der Waals surface area (Å²) in [5.41, 5.74) is 5.04. The lowest BCUT2D eigenvalue weighted by Crippen LogP contribution is -2.44. The van der Waals surface area contributed by atoms with Crippen molar-refractivity contribution in [3.63, 3.8) is 0 Å². The first kappa shape index (κ1) is 10.7. The molecule has 0 radical (unpaired) electrons. The Morgan fingerprint density at radius 3 is 2.18 bits per heavy atom. The van der Waals surface area contributed by atoms with Gasteiger partial charge in [-0.15, -0.1) is 0 Å². The molecule has 0 rings (SSSR count). The van der Waals surface area contributed by atoms with Gasteiger partial charge in [0.1, 0.15) is 0 Å². The standard InChI is InChI=1S/C6H12F3NO/c1-2-3-4(10)5(11)6(7,8)9/h4-5,11H,2-3,10H2,1H3/t4-,5-/m1/s1. The van der Waals surface area contributed by atoms with Gasteiger partial charge in [0.05, 0.1) is 0 Å². The lowest BCUT2D eigenvalue weighted by atomic mass is 10.1. The third-order valence-corrected chi connectivity index (χ3v) is 1.36. The third-order valence-electron chi connectivity index (χ3n) is 1.36. The van der Waals surface area contributed by atoms with Crippen molar-refractivity contribution in [2.75, 3.05) is 0 Å². The molecule has 0 fully saturated rings. The van der Waals surface area contributed by atoms with E-state index in [1.165, 1.54) is 0 Å². The van der Waals surface area contributed by atoms with Crippen LogP contribution in [0.3, 0.4) is 0 Å². The maximum Gasteiger partial charge on any atom is 0.415 e. The van der Waals surface area contributed by atoms with Gasteiger partial charge in [-0.2, -0.15) is 13.2 Å². The second-order valence-electron chi connectivity index (χ2n) is 2.44. The van der Waals surface area contributed by atoms with E-state index in [1.807, 2.05) is 0 Å². The Kier molecular flexibility index (Phi) is 3.82. The van der Waals surface area contributed by atoms with Crippen LogP contribution in [0.15, 0.2) is 0 Å². The van der Waals surface area contributed by atoms with Crippen molar-refractivity contribution in [1.29, 1.82) is 0 Å². The van der Waals surface area contributed by atoms with Crippen LogP contribution in [0, 0.1) is 0 Å². The van der Waals surface area contributed by atoms with Crippen molar-refractivity contribution in [3.05, 3.63) is 0 Å². The summed E-state index contributed by atoms with van der Waals surface area (Å²) in [6.07, 6.45) is -6.26. The molecule has 0 aliphatic heterocycles. The van der Waals surface area contributed by atoms with Gasteiger partial charge in [-0.25, -0.2) is 0 Å². The summed E-state index contributed by atoms with van der Waals surface area (Å²) in [6, 6.07) is -1.19. The molecule has 0 heterocycles. The minimum absolute atomic E-state index is 0.181. The summed E-state index contributed by atoms with van der Waals surface area (Å²) in [5, 5.41) is 8.54. The van der Waals surface area contributed by atoms with Crippen LogP contribution >= 0.6 is 0 Å². The number of aliphatic hydroxyl groups excluding tert-OH is 1. The zero-order chi connectivity index (χ0) is 9.07. The summed E-state index contributed by atoms with van der Waals surface area (Å²) in [4.78, 5) is 0. The summed E-state index contributed by atoms with van der Waals surface area (Å²) < 4.78 is 35.1. The van der Waals surface area contributed by atoms with Crippen LogP contribution in [0.5, 0.6) is 0 Å². The van der Waals surface area contributed by atoms with Gasteiger partial charge in [0.2, 0.25) is 0 Å². The van der Waals surface area contributed by atoms with E-state index < -0.39 is 18.3 Å². The molecule has 5 heteroatoms. The van der Waals surface area contributed by atoms with Crippen molar-refractivity contribution in [1.82, 2.24) is 0 Å². The molecule has 2 nitrogen and oxygen atoms in total. The van der Waals surface area contributed by atoms with E-state index in [9.17, 15) is 13.2 Å². The Balaban J connectivity index is 3.91. The normalized spacial score (nSPS) is 18.0. The van der Waals surface area contributed by atoms with Crippen LogP contribution in [-0.2, 0) is 0 Å². The average molecular weight is 171 g/mol. The van der Waals surface area contributed by atoms with E-state index in [-0.39, 0.29) is 6.42 Å². The van der Waals surface area contributed by atoms with Crippen molar-refractivity contribution >= 4 is 0 Å². The smallest absolute Gasteiger partial charge is 0.382 e. The van der Waals surface area contributed by atoms with Crippen LogP contribution in [0.1, 0.15) is 19.8 Å². The summed E-state index contributed by atoms with van der Waals surface area (Å²) in [5.74, 6) is 0. The molecule has 0 saturated heterocycles. The average Bonchev–Trinajstić information content (AvgIpc) is 1.85. The van der Waals surface area contributed by atoms with Crippen LogP contribution < -0.4 is 5.73 Å². The number of alkyl halides is 3. The van der Waals surface area contributed by atoms with E-state index in [1.54, 1.807) is 6.92 Å². The highest BCUT2D eigenvalue weighted by Gasteiger charge is 2.41. The topological polar surface area (TPSA) is 46.2 Å². The molecule has 0 saturated carbocycles. The maximum atomic E-state index is 11.7. The quantitative estimate of drug-likeness (QED) is 0.666. The van der Waals surface area contributed by atoms with E-state index in [0.717, 1.165) is 0 Å². The van der Waals surface area contributed by atoms with Gasteiger partial charge in [0.25, 0.3) is 0 Å². The van der Waals surface area contributed by atoms with Crippen molar-refractivity contribution < 1.29 is 18.3 Å². The Labute approximate surface area is 63.2 Å². The first-order valence-corrected chi connectivity index (χ1v) is 3.40. The Bertz CT molecular complexity index is 115. The fourth-order valence-corrected chi connectivity index (χ4v) is 0.734. The van der Waals surface area contributed by atoms with Crippen LogP contribution in [0.25, 0.3) is 0 Å². The number of halogens is 3. The molecule has 0 spiro atoms. The first-order chi connectivity index (χ1) is 4.89. The fraction of sp³-hybridized carbons (Fsp3) is 1.00. The van der Waals surface area contributed by atoms with Gasteiger partial charge in [-0.05, 0) is 6.42 Å². The van der Waals surface area contributed by atoms with Gasteiger partial charge in [0.15, 0.2) is 6.10 Å². The molecule has 3 N–H and O–H groups in total. The monoisotopic (exact) mass is 171 g/mol. The van der Waals surface area contributed by atoms with Crippen molar-refractivity contribution in [3.8, 4) is 0 Å². The second-order valence-corrected chi connectivity index (χ2v) is 2.44. The molecular weight excluding hydrogens is 159 g/mol. The molecule has 0 aromatic heterocycles. The highest BCUT2D eigenvalue weighted by atomic mass is 19.4. The highest BCUT2D eigenvalue weighted by Crippen LogP contribution is 2.22. The van der Waals surface area contributed by atoms with E-state index in [4.69, 9.17) is 10.8 Å². The van der Waals surface area contributed by atoms with Gasteiger partial charge in [-0.1, -0.05) is 13.3 Å². The minimum Gasteiger partial charge on any atom is -0.382 e. The highest BCUT2D eigenvalue weighted by molar-refractivity contribution is 4.77. The molecule has 68 valence electrons. The van der Waals surface area contributed by atoms with Crippen LogP contribution in [-0.4, -0.2) is 23.4 Å². The van der Waals surface area contributed by atoms with E-state index in [0.29, 0.717) is 6.42 Å². The molecule has 0 aliphatic rings. The molecule has 11 heavy (non-hydrogen) atoms. The lowest BCUT2D eigenvalue weighted by Gasteiger charge is -2.20. The number of aliphatic hydroxyl groups is 1. The van der Waals surface area contributed by atoms with Crippen LogP contribution in [0.4, 0.5) is 13.2 Å². The molecule has 0 aromatic rings. The van der Waals surface area contributed by atoms with E-state index >= 15 is 0 Å². The number of nitrogens with two attached hydrogens (primary N) is 1. The Morgan fingerprint density at radius 2 is 1.91 bits per heavy atom. The predicted octanol–water partition coefficient (Wildman–Crippen LogP) is 1.04. The molecule has 0 amide bonds. The number of rotatable bonds is 3. The zero-order valence-electron chi connectivity index (χ0n) is 6.23. The third kappa shape index (κ3) is 3.57. The minimum atomic E-state index is -4.59. The molecular formula is C6H12F3NO. The second kappa shape index (κ2) is 3.92. The summed E-state index contributed by atoms with van der Waals surface area (Å²) in [6.45, 7) is 1.71. The molecule has 2 atom stereocenters. The van der Waals surface area contributed by atoms with Gasteiger partial charge in [0, 0.05) is 6.04 Å². The molecule has 0 aliphatic carbocycles. The lowest BCUT2D eigenvalue weighted by molar-refractivity contribution is -0.209. The Hall–Kier alpha value is -0.290. The predicted molar refractivity (Wildman–Crippen MR) is 34.9 cm³/mol. The largest absolute Gasteiger partial charge is 0.415 e. The van der Waals surface area contributed by atoms with Gasteiger partial charge >= 0.3 is 6.18 Å². The zero-order valence-corrected chi connectivity index (χ0v) is 6.23. The van der Waals surface area contributed by atoms with Crippen molar-refractivity contribution in [2.24, 2.45) is 5.73 Å². The first-order valence-electron chi connectivity index (χ1n) is 3.40. The van der Waals surface area contributed by atoms with Gasteiger partial charge < -0.3 is 10.8 Å². The summed E-state index contributed by atoms with van der Waals surface area (Å²) in [7, 11) is 0. The maximum absolute atomic E-state index is 11.7. The SMILES string of the molecule is CCC[C@@H](N)[C@@H](O)C(F)(F)F. The number of hydrogen-bond acceptors (Lipinski definition) is 2. The van der Waals surface area contributed by atoms with Crippen molar-refractivity contribution in [2.45, 2.75) is 38.1 Å². The van der Waals surface area contributed by atoms with E-state index in [2.05, 4.69) is 0 Å². The molecule has 0 unspecified atom stereocenters. The molecule has 0 bridgehead atoms. The summed E-state index contributed by atoms with van der Waals surface area (Å²) >= 11 is 0. The molecule has 0 aromatic carbocycles. The Morgan fingerprint density at radius 1 is 1.45 bits per heavy atom. The van der Waals surface area contributed by atoms with Crippen LogP contribution in [0.2, 0.25) is 0 Å².